The quantitative estimate of drug-likeness (QED) is 0.805. The fourth-order valence-electron chi connectivity index (χ4n) is 2.14. The molecular weight excluding hydrogens is 304 g/mol. The Morgan fingerprint density at radius 3 is 2.53 bits per heavy atom. The molecule has 1 aromatic heterocycles. The molecule has 4 nitrogen and oxygen atoms in total. The lowest BCUT2D eigenvalue weighted by Gasteiger charge is -2.22. The minimum Gasteiger partial charge on any atom is -0.274 e. The standard InChI is InChI=1S/C11H13BrN2O2S/c1-3-11(4-2)5-8(15)14(9(11)16)10-13-6-7(12)17-10/h6H,3-5H2,1-2H3. The van der Waals surface area contributed by atoms with Gasteiger partial charge in [-0.15, -0.1) is 0 Å². The molecular formula is C11H13BrN2O2S. The number of rotatable bonds is 3. The molecule has 1 fully saturated rings. The van der Waals surface area contributed by atoms with E-state index in [1.807, 2.05) is 13.8 Å². The van der Waals surface area contributed by atoms with E-state index in [9.17, 15) is 9.59 Å². The monoisotopic (exact) mass is 316 g/mol. The number of imide groups is 1. The fourth-order valence-corrected chi connectivity index (χ4v) is 3.34. The Labute approximate surface area is 112 Å². The molecule has 0 bridgehead atoms. The summed E-state index contributed by atoms with van der Waals surface area (Å²) < 4.78 is 0.818. The molecule has 2 amide bonds. The zero-order valence-corrected chi connectivity index (χ0v) is 12.1. The molecule has 17 heavy (non-hydrogen) atoms. The van der Waals surface area contributed by atoms with Crippen LogP contribution in [0.3, 0.4) is 0 Å². The molecule has 1 aliphatic heterocycles. The number of hydrogen-bond acceptors (Lipinski definition) is 4. The maximum Gasteiger partial charge on any atom is 0.242 e. The van der Waals surface area contributed by atoms with Crippen molar-refractivity contribution in [3.63, 3.8) is 0 Å². The van der Waals surface area contributed by atoms with Crippen LogP contribution in [0.4, 0.5) is 5.13 Å². The summed E-state index contributed by atoms with van der Waals surface area (Å²) in [4.78, 5) is 29.7. The normalized spacial score (nSPS) is 19.1. The van der Waals surface area contributed by atoms with E-state index < -0.39 is 5.41 Å². The van der Waals surface area contributed by atoms with Crippen LogP contribution in [-0.4, -0.2) is 16.8 Å². The summed E-state index contributed by atoms with van der Waals surface area (Å²) in [6.07, 6.45) is 3.29. The minimum atomic E-state index is -0.519. The average molecular weight is 317 g/mol. The Bertz CT molecular complexity index is 468. The summed E-state index contributed by atoms with van der Waals surface area (Å²) in [6, 6.07) is 0. The average Bonchev–Trinajstić information content (AvgIpc) is 2.82. The molecule has 0 aliphatic carbocycles. The molecule has 0 radical (unpaired) electrons. The highest BCUT2D eigenvalue weighted by atomic mass is 79.9. The molecule has 1 aliphatic rings. The van der Waals surface area contributed by atoms with Gasteiger partial charge in [0.15, 0.2) is 5.13 Å². The van der Waals surface area contributed by atoms with Crippen LogP contribution in [0.1, 0.15) is 33.1 Å². The molecule has 1 aromatic rings. The fraction of sp³-hybridized carbons (Fsp3) is 0.545. The van der Waals surface area contributed by atoms with E-state index in [0.717, 1.165) is 3.79 Å². The maximum absolute atomic E-state index is 12.4. The lowest BCUT2D eigenvalue weighted by atomic mass is 9.81. The van der Waals surface area contributed by atoms with Gasteiger partial charge in [0, 0.05) is 6.42 Å². The molecule has 2 rings (SSSR count). The Morgan fingerprint density at radius 2 is 2.12 bits per heavy atom. The third-order valence-electron chi connectivity index (χ3n) is 3.41. The van der Waals surface area contributed by atoms with Crippen molar-refractivity contribution in [3.05, 3.63) is 9.98 Å². The topological polar surface area (TPSA) is 50.3 Å². The summed E-state index contributed by atoms with van der Waals surface area (Å²) in [5, 5.41) is 0.468. The van der Waals surface area contributed by atoms with Crippen LogP contribution >= 0.6 is 27.3 Å². The SMILES string of the molecule is CCC1(CC)CC(=O)N(c2ncc(Br)s2)C1=O. The predicted molar refractivity (Wildman–Crippen MR) is 69.9 cm³/mol. The summed E-state index contributed by atoms with van der Waals surface area (Å²) in [5.74, 6) is -0.241. The first-order chi connectivity index (χ1) is 8.04. The van der Waals surface area contributed by atoms with Crippen molar-refractivity contribution < 1.29 is 9.59 Å². The number of amides is 2. The molecule has 0 spiro atoms. The van der Waals surface area contributed by atoms with Gasteiger partial charge in [-0.05, 0) is 28.8 Å². The van der Waals surface area contributed by atoms with Crippen LogP contribution in [0.2, 0.25) is 0 Å². The van der Waals surface area contributed by atoms with E-state index >= 15 is 0 Å². The van der Waals surface area contributed by atoms with Crippen LogP contribution in [0.15, 0.2) is 9.98 Å². The number of carbonyl (C=O) groups is 2. The van der Waals surface area contributed by atoms with Crippen LogP contribution < -0.4 is 4.90 Å². The number of aromatic nitrogens is 1. The van der Waals surface area contributed by atoms with Crippen molar-refractivity contribution in [1.82, 2.24) is 4.98 Å². The lowest BCUT2D eigenvalue weighted by Crippen LogP contribution is -2.35. The van der Waals surface area contributed by atoms with Gasteiger partial charge in [0.25, 0.3) is 0 Å². The first kappa shape index (κ1) is 12.7. The summed E-state index contributed by atoms with van der Waals surface area (Å²) >= 11 is 4.59. The lowest BCUT2D eigenvalue weighted by molar-refractivity contribution is -0.126. The highest BCUT2D eigenvalue weighted by molar-refractivity contribution is 9.11. The highest BCUT2D eigenvalue weighted by Gasteiger charge is 2.50. The number of nitrogens with zero attached hydrogens (tertiary/aromatic N) is 2. The van der Waals surface area contributed by atoms with Gasteiger partial charge in [-0.3, -0.25) is 9.59 Å². The van der Waals surface area contributed by atoms with Gasteiger partial charge in [0.1, 0.15) is 0 Å². The number of halogens is 1. The molecule has 0 saturated carbocycles. The van der Waals surface area contributed by atoms with Crippen LogP contribution in [0.25, 0.3) is 0 Å². The highest BCUT2D eigenvalue weighted by Crippen LogP contribution is 2.42. The maximum atomic E-state index is 12.4. The van der Waals surface area contributed by atoms with Crippen LogP contribution in [0.5, 0.6) is 0 Å². The first-order valence-corrected chi connectivity index (χ1v) is 7.13. The van der Waals surface area contributed by atoms with Crippen molar-refractivity contribution in [2.24, 2.45) is 5.41 Å². The number of anilines is 1. The van der Waals surface area contributed by atoms with E-state index in [-0.39, 0.29) is 11.8 Å². The third-order valence-corrected chi connectivity index (χ3v) is 4.87. The summed E-state index contributed by atoms with van der Waals surface area (Å²) in [5.41, 5.74) is -0.519. The Hall–Kier alpha value is -0.750. The van der Waals surface area contributed by atoms with E-state index in [1.165, 1.54) is 16.2 Å². The second kappa shape index (κ2) is 4.49. The molecule has 0 unspecified atom stereocenters. The second-order valence-corrected chi connectivity index (χ2v) is 6.53. The molecule has 0 aromatic carbocycles. The van der Waals surface area contributed by atoms with E-state index in [2.05, 4.69) is 20.9 Å². The minimum absolute atomic E-state index is 0.102. The van der Waals surface area contributed by atoms with Gasteiger partial charge in [-0.2, -0.15) is 0 Å². The van der Waals surface area contributed by atoms with Crippen LogP contribution in [-0.2, 0) is 9.59 Å². The van der Waals surface area contributed by atoms with E-state index in [0.29, 0.717) is 24.4 Å². The largest absolute Gasteiger partial charge is 0.274 e. The van der Waals surface area contributed by atoms with Gasteiger partial charge < -0.3 is 0 Å². The number of carbonyl (C=O) groups excluding carboxylic acids is 2. The zero-order chi connectivity index (χ0) is 12.6. The molecule has 1 saturated heterocycles. The van der Waals surface area contributed by atoms with E-state index in [1.54, 1.807) is 6.20 Å². The van der Waals surface area contributed by atoms with Gasteiger partial charge in [-0.1, -0.05) is 25.2 Å². The Morgan fingerprint density at radius 1 is 1.47 bits per heavy atom. The third kappa shape index (κ3) is 1.93. The summed E-state index contributed by atoms with van der Waals surface area (Å²) in [7, 11) is 0. The van der Waals surface area contributed by atoms with Crippen molar-refractivity contribution >= 4 is 44.2 Å². The molecule has 0 atom stereocenters. The van der Waals surface area contributed by atoms with Gasteiger partial charge in [0.05, 0.1) is 15.4 Å². The molecule has 92 valence electrons. The zero-order valence-electron chi connectivity index (χ0n) is 9.70. The van der Waals surface area contributed by atoms with E-state index in [4.69, 9.17) is 0 Å². The Balaban J connectivity index is 2.38. The predicted octanol–water partition coefficient (Wildman–Crippen LogP) is 2.98. The number of hydrogen-bond donors (Lipinski definition) is 0. The Kier molecular flexibility index (Phi) is 3.36. The summed E-state index contributed by atoms with van der Waals surface area (Å²) in [6.45, 7) is 3.91. The van der Waals surface area contributed by atoms with Crippen molar-refractivity contribution in [2.75, 3.05) is 4.90 Å². The van der Waals surface area contributed by atoms with Gasteiger partial charge >= 0.3 is 0 Å². The van der Waals surface area contributed by atoms with Crippen molar-refractivity contribution in [2.45, 2.75) is 33.1 Å². The molecule has 6 heteroatoms. The first-order valence-electron chi connectivity index (χ1n) is 5.53. The smallest absolute Gasteiger partial charge is 0.242 e. The van der Waals surface area contributed by atoms with Gasteiger partial charge in [-0.25, -0.2) is 9.88 Å². The molecule has 2 heterocycles. The van der Waals surface area contributed by atoms with Crippen molar-refractivity contribution in [1.29, 1.82) is 0 Å². The van der Waals surface area contributed by atoms with Crippen LogP contribution in [0, 0.1) is 5.41 Å². The molecule has 0 N–H and O–H groups in total. The van der Waals surface area contributed by atoms with Crippen molar-refractivity contribution in [3.8, 4) is 0 Å². The van der Waals surface area contributed by atoms with Gasteiger partial charge in [0.2, 0.25) is 11.8 Å². The number of thiazole rings is 1. The second-order valence-electron chi connectivity index (χ2n) is 4.15.